The van der Waals surface area contributed by atoms with Gasteiger partial charge in [-0.2, -0.15) is 5.26 Å². The highest BCUT2D eigenvalue weighted by molar-refractivity contribution is 5.68. The normalized spacial score (nSPS) is 20.0. The number of hydrogen-bond acceptors (Lipinski definition) is 3. The molecule has 3 nitrogen and oxygen atoms in total. The Hall–Kier alpha value is -2.31. The fourth-order valence-corrected chi connectivity index (χ4v) is 4.40. The second kappa shape index (κ2) is 7.93. The first-order chi connectivity index (χ1) is 12.8. The van der Waals surface area contributed by atoms with Crippen molar-refractivity contribution < 1.29 is 0 Å². The molecule has 2 fully saturated rings. The third-order valence-corrected chi connectivity index (χ3v) is 6.01. The van der Waals surface area contributed by atoms with Crippen LogP contribution in [0.4, 0.5) is 5.69 Å². The summed E-state index contributed by atoms with van der Waals surface area (Å²) in [6.07, 6.45) is 4.56. The second-order valence-electron chi connectivity index (χ2n) is 7.57. The zero-order valence-electron chi connectivity index (χ0n) is 15.3. The zero-order valence-corrected chi connectivity index (χ0v) is 15.3. The first-order valence-electron chi connectivity index (χ1n) is 9.87. The van der Waals surface area contributed by atoms with Gasteiger partial charge in [-0.25, -0.2) is 0 Å². The van der Waals surface area contributed by atoms with Gasteiger partial charge in [0.05, 0.1) is 6.07 Å². The van der Waals surface area contributed by atoms with Crippen molar-refractivity contribution in [1.82, 2.24) is 4.90 Å². The molecule has 0 amide bonds. The van der Waals surface area contributed by atoms with Crippen molar-refractivity contribution in [3.05, 3.63) is 54.6 Å². The molecule has 2 heterocycles. The van der Waals surface area contributed by atoms with Gasteiger partial charge < -0.3 is 9.80 Å². The van der Waals surface area contributed by atoms with Crippen LogP contribution in [0.2, 0.25) is 0 Å². The first-order valence-corrected chi connectivity index (χ1v) is 9.87. The third-order valence-electron chi connectivity index (χ3n) is 6.01. The maximum absolute atomic E-state index is 9.08. The predicted molar refractivity (Wildman–Crippen MR) is 107 cm³/mol. The molecule has 2 saturated heterocycles. The van der Waals surface area contributed by atoms with Crippen molar-refractivity contribution in [2.75, 3.05) is 31.1 Å². The van der Waals surface area contributed by atoms with Crippen molar-refractivity contribution in [3.63, 3.8) is 0 Å². The van der Waals surface area contributed by atoms with Crippen LogP contribution < -0.4 is 4.90 Å². The van der Waals surface area contributed by atoms with Crippen molar-refractivity contribution in [1.29, 1.82) is 5.26 Å². The molecule has 0 saturated carbocycles. The van der Waals surface area contributed by atoms with Crippen LogP contribution in [0.5, 0.6) is 0 Å². The van der Waals surface area contributed by atoms with Crippen molar-refractivity contribution in [2.45, 2.75) is 31.7 Å². The Labute approximate surface area is 156 Å². The van der Waals surface area contributed by atoms with Crippen molar-refractivity contribution in [2.24, 2.45) is 5.92 Å². The summed E-state index contributed by atoms with van der Waals surface area (Å²) in [6, 6.07) is 22.7. The van der Waals surface area contributed by atoms with E-state index in [2.05, 4.69) is 70.5 Å². The fourth-order valence-electron chi connectivity index (χ4n) is 4.40. The average Bonchev–Trinajstić information content (AvgIpc) is 2.75. The molecule has 0 atom stereocenters. The molecule has 2 aromatic rings. The maximum Gasteiger partial charge on any atom is 0.0656 e. The lowest BCUT2D eigenvalue weighted by molar-refractivity contribution is 0.127. The molecule has 134 valence electrons. The minimum Gasteiger partial charge on any atom is -0.371 e. The van der Waals surface area contributed by atoms with Gasteiger partial charge in [0.25, 0.3) is 0 Å². The molecule has 0 N–H and O–H groups in total. The molecule has 4 rings (SSSR count). The minimum atomic E-state index is 0.284. The van der Waals surface area contributed by atoms with E-state index in [1.54, 1.807) is 0 Å². The van der Waals surface area contributed by atoms with Gasteiger partial charge >= 0.3 is 0 Å². The van der Waals surface area contributed by atoms with E-state index in [0.717, 1.165) is 39.0 Å². The number of likely N-dealkylation sites (tertiary alicyclic amines) is 1. The van der Waals surface area contributed by atoms with Gasteiger partial charge in [-0.05, 0) is 62.0 Å². The SMILES string of the molecule is N#CC1CCN(C2CCN(c3cccc(-c4ccccc4)c3)CC2)CC1. The average molecular weight is 345 g/mol. The van der Waals surface area contributed by atoms with Crippen LogP contribution in [0.25, 0.3) is 11.1 Å². The van der Waals surface area contributed by atoms with E-state index in [1.165, 1.54) is 29.7 Å². The lowest BCUT2D eigenvalue weighted by Gasteiger charge is -2.41. The highest BCUT2D eigenvalue weighted by Gasteiger charge is 2.28. The standard InChI is InChI=1S/C23H27N3/c24-18-19-9-13-25(14-10-19)22-11-15-26(16-12-22)23-8-4-7-21(17-23)20-5-2-1-3-6-20/h1-8,17,19,22H,9-16H2. The van der Waals surface area contributed by atoms with Crippen LogP contribution in [0.3, 0.4) is 0 Å². The van der Waals surface area contributed by atoms with E-state index in [-0.39, 0.29) is 5.92 Å². The van der Waals surface area contributed by atoms with E-state index in [9.17, 15) is 0 Å². The van der Waals surface area contributed by atoms with Crippen LogP contribution in [0.15, 0.2) is 54.6 Å². The smallest absolute Gasteiger partial charge is 0.0656 e. The van der Waals surface area contributed by atoms with Crippen LogP contribution in [-0.2, 0) is 0 Å². The minimum absolute atomic E-state index is 0.284. The lowest BCUT2D eigenvalue weighted by Crippen LogP contribution is -2.47. The number of anilines is 1. The topological polar surface area (TPSA) is 30.3 Å². The van der Waals surface area contributed by atoms with Gasteiger partial charge in [0.15, 0.2) is 0 Å². The molecular weight excluding hydrogens is 318 g/mol. The molecule has 2 aliphatic heterocycles. The summed E-state index contributed by atoms with van der Waals surface area (Å²) in [5, 5.41) is 9.08. The highest BCUT2D eigenvalue weighted by atomic mass is 15.2. The summed E-state index contributed by atoms with van der Waals surface area (Å²) < 4.78 is 0. The molecule has 2 aliphatic rings. The molecule has 0 radical (unpaired) electrons. The van der Waals surface area contributed by atoms with Gasteiger partial charge in [-0.1, -0.05) is 42.5 Å². The second-order valence-corrected chi connectivity index (χ2v) is 7.57. The lowest BCUT2D eigenvalue weighted by atomic mass is 9.94. The molecule has 0 spiro atoms. The van der Waals surface area contributed by atoms with E-state index in [0.29, 0.717) is 6.04 Å². The largest absolute Gasteiger partial charge is 0.371 e. The Morgan fingerprint density at radius 3 is 2.15 bits per heavy atom. The van der Waals surface area contributed by atoms with Crippen LogP contribution in [0.1, 0.15) is 25.7 Å². The molecule has 0 bridgehead atoms. The fraction of sp³-hybridized carbons (Fsp3) is 0.435. The zero-order chi connectivity index (χ0) is 17.8. The highest BCUT2D eigenvalue weighted by Crippen LogP contribution is 2.29. The Bertz CT molecular complexity index is 749. The summed E-state index contributed by atoms with van der Waals surface area (Å²) in [5.74, 6) is 0.284. The summed E-state index contributed by atoms with van der Waals surface area (Å²) in [7, 11) is 0. The number of nitriles is 1. The number of benzene rings is 2. The summed E-state index contributed by atoms with van der Waals surface area (Å²) in [5.41, 5.74) is 3.92. The number of piperidine rings is 2. The Balaban J connectivity index is 1.37. The van der Waals surface area contributed by atoms with E-state index in [4.69, 9.17) is 5.26 Å². The first kappa shape index (κ1) is 17.1. The number of rotatable bonds is 3. The van der Waals surface area contributed by atoms with Gasteiger partial charge in [0, 0.05) is 30.7 Å². The number of hydrogen-bond donors (Lipinski definition) is 0. The van der Waals surface area contributed by atoms with Gasteiger partial charge in [-0.3, -0.25) is 0 Å². The molecule has 0 aliphatic carbocycles. The maximum atomic E-state index is 9.08. The Morgan fingerprint density at radius 1 is 0.769 bits per heavy atom. The van der Waals surface area contributed by atoms with Crippen molar-refractivity contribution in [3.8, 4) is 17.2 Å². The van der Waals surface area contributed by atoms with E-state index < -0.39 is 0 Å². The molecular formula is C23H27N3. The number of nitrogens with zero attached hydrogens (tertiary/aromatic N) is 3. The summed E-state index contributed by atoms with van der Waals surface area (Å²) in [6.45, 7) is 4.46. The van der Waals surface area contributed by atoms with E-state index in [1.807, 2.05) is 0 Å². The summed E-state index contributed by atoms with van der Waals surface area (Å²) >= 11 is 0. The van der Waals surface area contributed by atoms with Gasteiger partial charge in [0.2, 0.25) is 0 Å². The Kier molecular flexibility index (Phi) is 5.22. The molecule has 0 aromatic heterocycles. The monoisotopic (exact) mass is 345 g/mol. The Morgan fingerprint density at radius 2 is 1.46 bits per heavy atom. The molecule has 2 aromatic carbocycles. The van der Waals surface area contributed by atoms with Crippen LogP contribution in [-0.4, -0.2) is 37.1 Å². The molecule has 3 heteroatoms. The quantitative estimate of drug-likeness (QED) is 0.817. The van der Waals surface area contributed by atoms with Crippen LogP contribution in [0, 0.1) is 17.2 Å². The van der Waals surface area contributed by atoms with Gasteiger partial charge in [-0.15, -0.1) is 0 Å². The van der Waals surface area contributed by atoms with Crippen molar-refractivity contribution >= 4 is 5.69 Å². The van der Waals surface area contributed by atoms with Gasteiger partial charge in [0.1, 0.15) is 0 Å². The van der Waals surface area contributed by atoms with E-state index >= 15 is 0 Å². The van der Waals surface area contributed by atoms with Crippen LogP contribution >= 0.6 is 0 Å². The third kappa shape index (κ3) is 3.76. The molecule has 0 unspecified atom stereocenters. The predicted octanol–water partition coefficient (Wildman–Crippen LogP) is 4.56. The molecule has 26 heavy (non-hydrogen) atoms. The summed E-state index contributed by atoms with van der Waals surface area (Å²) in [4.78, 5) is 5.16.